The molecule has 0 aliphatic carbocycles. The Labute approximate surface area is 62.2 Å². The van der Waals surface area contributed by atoms with Crippen molar-refractivity contribution >= 4 is 18.3 Å². The van der Waals surface area contributed by atoms with Crippen LogP contribution in [0.5, 0.6) is 0 Å². The van der Waals surface area contributed by atoms with Gasteiger partial charge in [0.1, 0.15) is 0 Å². The van der Waals surface area contributed by atoms with Gasteiger partial charge in [0.2, 0.25) is 5.91 Å². The van der Waals surface area contributed by atoms with Gasteiger partial charge in [-0.2, -0.15) is 0 Å². The van der Waals surface area contributed by atoms with Crippen LogP contribution in [0.4, 0.5) is 0 Å². The smallest absolute Gasteiger partial charge is 0.220 e. The zero-order valence-corrected chi connectivity index (χ0v) is 6.70. The summed E-state index contributed by atoms with van der Waals surface area (Å²) in [6.07, 6.45) is 1.73. The van der Waals surface area contributed by atoms with Gasteiger partial charge in [0, 0.05) is 5.92 Å². The van der Waals surface area contributed by atoms with Crippen LogP contribution in [0, 0.1) is 5.92 Å². The second-order valence-electron chi connectivity index (χ2n) is 1.92. The van der Waals surface area contributed by atoms with Gasteiger partial charge in [0.25, 0.3) is 0 Å². The molecule has 0 saturated carbocycles. The first-order valence-corrected chi connectivity index (χ1v) is 3.01. The zero-order valence-electron chi connectivity index (χ0n) is 5.89. The molecule has 0 rings (SSSR count). The summed E-state index contributed by atoms with van der Waals surface area (Å²) in [5.41, 5.74) is 5.02. The summed E-state index contributed by atoms with van der Waals surface area (Å²) in [4.78, 5) is 10.4. The summed E-state index contributed by atoms with van der Waals surface area (Å²) in [7, 11) is 0. The monoisotopic (exact) mass is 151 g/mol. The third-order valence-corrected chi connectivity index (χ3v) is 1.39. The number of nitrogens with two attached hydrogens (primary N) is 1. The molecule has 1 amide bonds. The summed E-state index contributed by atoms with van der Waals surface area (Å²) in [5, 5.41) is 0. The minimum Gasteiger partial charge on any atom is -0.369 e. The molecule has 0 heterocycles. The third kappa shape index (κ3) is 4.28. The number of amides is 1. The Morgan fingerprint density at radius 2 is 1.78 bits per heavy atom. The number of hydrogen-bond acceptors (Lipinski definition) is 1. The Morgan fingerprint density at radius 3 is 1.78 bits per heavy atom. The van der Waals surface area contributed by atoms with Crippen molar-refractivity contribution in [3.63, 3.8) is 0 Å². The fraction of sp³-hybridized carbons (Fsp3) is 0.833. The first-order chi connectivity index (χ1) is 3.72. The van der Waals surface area contributed by atoms with Gasteiger partial charge >= 0.3 is 0 Å². The lowest BCUT2D eigenvalue weighted by molar-refractivity contribution is -0.121. The van der Waals surface area contributed by atoms with E-state index in [1.165, 1.54) is 0 Å². The largest absolute Gasteiger partial charge is 0.369 e. The van der Waals surface area contributed by atoms with Crippen molar-refractivity contribution in [3.8, 4) is 0 Å². The van der Waals surface area contributed by atoms with Gasteiger partial charge in [-0.3, -0.25) is 4.79 Å². The molecule has 0 aromatic carbocycles. The average molecular weight is 152 g/mol. The van der Waals surface area contributed by atoms with Crippen LogP contribution in [0.3, 0.4) is 0 Å². The molecule has 0 aromatic heterocycles. The molecule has 0 aliphatic rings. The van der Waals surface area contributed by atoms with Crippen molar-refractivity contribution in [1.29, 1.82) is 0 Å². The van der Waals surface area contributed by atoms with Crippen LogP contribution in [0.2, 0.25) is 0 Å². The highest BCUT2D eigenvalue weighted by Crippen LogP contribution is 2.04. The van der Waals surface area contributed by atoms with Gasteiger partial charge in [-0.1, -0.05) is 13.8 Å². The van der Waals surface area contributed by atoms with Crippen molar-refractivity contribution in [2.45, 2.75) is 26.7 Å². The lowest BCUT2D eigenvalue weighted by Crippen LogP contribution is -2.21. The molecule has 0 spiro atoms. The van der Waals surface area contributed by atoms with E-state index < -0.39 is 0 Å². The second kappa shape index (κ2) is 5.89. The van der Waals surface area contributed by atoms with Gasteiger partial charge < -0.3 is 5.73 Å². The fourth-order valence-electron chi connectivity index (χ4n) is 0.691. The molecule has 2 nitrogen and oxygen atoms in total. The number of hydrogen-bond donors (Lipinski definition) is 1. The topological polar surface area (TPSA) is 43.1 Å². The van der Waals surface area contributed by atoms with Crippen molar-refractivity contribution in [3.05, 3.63) is 0 Å². The standard InChI is InChI=1S/C6H13NO.ClH/c1-3-5(4-2)6(7)8;/h5H,3-4H2,1-2H3,(H2,7,8);1H. The fourth-order valence-corrected chi connectivity index (χ4v) is 0.691. The van der Waals surface area contributed by atoms with E-state index in [1.54, 1.807) is 0 Å². The number of carbonyl (C=O) groups excluding carboxylic acids is 1. The Bertz CT molecular complexity index is 81.1. The molecule has 0 unspecified atom stereocenters. The van der Waals surface area contributed by atoms with Gasteiger partial charge in [-0.15, -0.1) is 12.4 Å². The molecule has 56 valence electrons. The Balaban J connectivity index is 0. The molecule has 0 saturated heterocycles. The van der Waals surface area contributed by atoms with Gasteiger partial charge in [-0.05, 0) is 12.8 Å². The first kappa shape index (κ1) is 11.5. The minimum absolute atomic E-state index is 0. The highest BCUT2D eigenvalue weighted by Gasteiger charge is 2.07. The minimum atomic E-state index is -0.171. The molecule has 0 bridgehead atoms. The van der Waals surface area contributed by atoms with Gasteiger partial charge in [0.15, 0.2) is 0 Å². The Morgan fingerprint density at radius 1 is 1.44 bits per heavy atom. The summed E-state index contributed by atoms with van der Waals surface area (Å²) in [6, 6.07) is 0. The van der Waals surface area contributed by atoms with Crippen LogP contribution in [0.25, 0.3) is 0 Å². The van der Waals surface area contributed by atoms with Gasteiger partial charge in [0.05, 0.1) is 0 Å². The molecule has 2 N–H and O–H groups in total. The Kier molecular flexibility index (Phi) is 7.55. The van der Waals surface area contributed by atoms with Crippen molar-refractivity contribution in [2.24, 2.45) is 11.7 Å². The van der Waals surface area contributed by atoms with E-state index in [-0.39, 0.29) is 24.2 Å². The first-order valence-electron chi connectivity index (χ1n) is 3.01. The molecule has 0 radical (unpaired) electrons. The summed E-state index contributed by atoms with van der Waals surface area (Å²) in [6.45, 7) is 3.94. The second-order valence-corrected chi connectivity index (χ2v) is 1.92. The Hall–Kier alpha value is -0.240. The third-order valence-electron chi connectivity index (χ3n) is 1.39. The number of halogens is 1. The van der Waals surface area contributed by atoms with E-state index in [4.69, 9.17) is 5.73 Å². The maximum absolute atomic E-state index is 10.4. The maximum Gasteiger partial charge on any atom is 0.220 e. The lowest BCUT2D eigenvalue weighted by Gasteiger charge is -2.04. The van der Waals surface area contributed by atoms with Crippen molar-refractivity contribution < 1.29 is 4.79 Å². The van der Waals surface area contributed by atoms with Gasteiger partial charge in [-0.25, -0.2) is 0 Å². The maximum atomic E-state index is 10.4. The molecule has 9 heavy (non-hydrogen) atoms. The normalized spacial score (nSPS) is 8.78. The lowest BCUT2D eigenvalue weighted by atomic mass is 10.0. The molecular weight excluding hydrogens is 138 g/mol. The van der Waals surface area contributed by atoms with E-state index in [2.05, 4.69) is 0 Å². The van der Waals surface area contributed by atoms with E-state index in [0.29, 0.717) is 0 Å². The van der Waals surface area contributed by atoms with Crippen LogP contribution in [-0.4, -0.2) is 5.91 Å². The predicted molar refractivity (Wildman–Crippen MR) is 40.5 cm³/mol. The average Bonchev–Trinajstić information content (AvgIpc) is 1.69. The van der Waals surface area contributed by atoms with E-state index in [9.17, 15) is 4.79 Å². The molecule has 0 aliphatic heterocycles. The molecule has 0 atom stereocenters. The highest BCUT2D eigenvalue weighted by atomic mass is 35.5. The van der Waals surface area contributed by atoms with Crippen LogP contribution in [0.15, 0.2) is 0 Å². The molecular formula is C6H14ClNO. The zero-order chi connectivity index (χ0) is 6.57. The van der Waals surface area contributed by atoms with Crippen LogP contribution in [-0.2, 0) is 4.79 Å². The highest BCUT2D eigenvalue weighted by molar-refractivity contribution is 5.85. The number of primary amides is 1. The van der Waals surface area contributed by atoms with Crippen LogP contribution in [0.1, 0.15) is 26.7 Å². The van der Waals surface area contributed by atoms with E-state index in [0.717, 1.165) is 12.8 Å². The van der Waals surface area contributed by atoms with Crippen LogP contribution < -0.4 is 5.73 Å². The molecule has 0 fully saturated rings. The van der Waals surface area contributed by atoms with Crippen LogP contribution >= 0.6 is 12.4 Å². The number of rotatable bonds is 3. The quantitative estimate of drug-likeness (QED) is 0.650. The van der Waals surface area contributed by atoms with Crippen molar-refractivity contribution in [2.75, 3.05) is 0 Å². The SMILES string of the molecule is CCC(CC)C(N)=O.Cl. The number of carbonyl (C=O) groups is 1. The molecule has 3 heteroatoms. The summed E-state index contributed by atoms with van der Waals surface area (Å²) < 4.78 is 0. The van der Waals surface area contributed by atoms with E-state index in [1.807, 2.05) is 13.8 Å². The summed E-state index contributed by atoms with van der Waals surface area (Å²) >= 11 is 0. The van der Waals surface area contributed by atoms with E-state index >= 15 is 0 Å². The molecule has 0 aromatic rings. The van der Waals surface area contributed by atoms with Crippen molar-refractivity contribution in [1.82, 2.24) is 0 Å². The predicted octanol–water partition coefficient (Wildman–Crippen LogP) is 1.33. The summed E-state index contributed by atoms with van der Waals surface area (Å²) in [5.74, 6) is -0.0787.